The number of aliphatic hydroxyl groups excluding tert-OH is 1. The molecule has 1 N–H and O–H groups in total. The van der Waals surface area contributed by atoms with E-state index in [1.807, 2.05) is 0 Å². The van der Waals surface area contributed by atoms with Crippen molar-refractivity contribution in [2.24, 2.45) is 22.7 Å². The summed E-state index contributed by atoms with van der Waals surface area (Å²) >= 11 is 0. The average molecular weight is 267 g/mol. The molecule has 1 aromatic rings. The van der Waals surface area contributed by atoms with Crippen molar-refractivity contribution in [2.45, 2.75) is 57.5 Å². The lowest BCUT2D eigenvalue weighted by atomic mass is 9.52. The summed E-state index contributed by atoms with van der Waals surface area (Å²) in [6.45, 7) is 2.40. The van der Waals surface area contributed by atoms with E-state index in [2.05, 4.69) is 31.2 Å². The van der Waals surface area contributed by atoms with E-state index in [0.717, 1.165) is 24.2 Å². The summed E-state index contributed by atoms with van der Waals surface area (Å²) in [5.74, 6) is 2.42. The van der Waals surface area contributed by atoms with E-state index in [9.17, 15) is 5.11 Å². The van der Waals surface area contributed by atoms with E-state index in [-0.39, 0.29) is 11.5 Å². The molecule has 1 radical (unpaired) electrons. The number of benzene rings is 1. The van der Waals surface area contributed by atoms with Crippen LogP contribution in [0.5, 0.6) is 0 Å². The summed E-state index contributed by atoms with van der Waals surface area (Å²) in [5.41, 5.74) is 3.87. The number of fused-ring (bicyclic) bond motifs is 3. The molecule has 0 heterocycles. The predicted octanol–water partition coefficient (Wildman–Crippen LogP) is 3.70. The molecule has 0 aromatic heterocycles. The topological polar surface area (TPSA) is 20.2 Å². The van der Waals surface area contributed by atoms with Gasteiger partial charge < -0.3 is 5.11 Å². The molecule has 1 heteroatoms. The summed E-state index contributed by atoms with van der Waals surface area (Å²) in [7, 11) is 0. The first-order valence-corrected chi connectivity index (χ1v) is 8.34. The zero-order valence-corrected chi connectivity index (χ0v) is 12.2. The summed E-state index contributed by atoms with van der Waals surface area (Å²) < 4.78 is 0. The summed E-state index contributed by atoms with van der Waals surface area (Å²) in [5, 5.41) is 10.6. The Morgan fingerprint density at radius 2 is 2.25 bits per heavy atom. The van der Waals surface area contributed by atoms with Gasteiger partial charge in [-0.3, -0.25) is 0 Å². The second-order valence-corrected chi connectivity index (χ2v) is 8.03. The molecule has 4 aliphatic rings. The molecular weight excluding hydrogens is 244 g/mol. The van der Waals surface area contributed by atoms with Gasteiger partial charge in [0.2, 0.25) is 0 Å². The Labute approximate surface area is 121 Å². The third-order valence-electron chi connectivity index (χ3n) is 7.69. The minimum absolute atomic E-state index is 0.0345. The van der Waals surface area contributed by atoms with E-state index in [0.29, 0.717) is 5.41 Å². The van der Waals surface area contributed by atoms with Gasteiger partial charge in [0.25, 0.3) is 0 Å². The second-order valence-electron chi connectivity index (χ2n) is 8.03. The standard InChI is InChI=1S/C19H23O/c1-18-9-8-15-14-5-3-2-4-12(14)6-7-16(15)19(18)11-13(19)10-17(18)20/h3-5,13,15-17,20H,6-11H2,1H3/t13-,15-,16-,17+,18-,19+/m1/s1. The van der Waals surface area contributed by atoms with Gasteiger partial charge in [-0.1, -0.05) is 25.1 Å². The van der Waals surface area contributed by atoms with Crippen LogP contribution < -0.4 is 0 Å². The van der Waals surface area contributed by atoms with E-state index < -0.39 is 0 Å². The van der Waals surface area contributed by atoms with Gasteiger partial charge in [0.1, 0.15) is 0 Å². The molecule has 3 fully saturated rings. The van der Waals surface area contributed by atoms with Gasteiger partial charge in [-0.05, 0) is 84.3 Å². The van der Waals surface area contributed by atoms with Gasteiger partial charge in [-0.15, -0.1) is 0 Å². The van der Waals surface area contributed by atoms with Crippen LogP contribution in [0.25, 0.3) is 0 Å². The minimum Gasteiger partial charge on any atom is -0.393 e. The van der Waals surface area contributed by atoms with Crippen LogP contribution in [-0.2, 0) is 6.42 Å². The zero-order chi connectivity index (χ0) is 13.5. The molecule has 1 nitrogen and oxygen atoms in total. The van der Waals surface area contributed by atoms with Crippen LogP contribution >= 0.6 is 0 Å². The van der Waals surface area contributed by atoms with E-state index in [1.54, 1.807) is 11.1 Å². The molecule has 105 valence electrons. The highest BCUT2D eigenvalue weighted by Crippen LogP contribution is 2.81. The number of hydrogen-bond acceptors (Lipinski definition) is 1. The molecule has 3 saturated carbocycles. The van der Waals surface area contributed by atoms with Crippen molar-refractivity contribution in [3.05, 3.63) is 35.4 Å². The fourth-order valence-electron chi connectivity index (χ4n) is 6.67. The number of rotatable bonds is 0. The first-order valence-electron chi connectivity index (χ1n) is 8.34. The average Bonchev–Trinajstić information content (AvgIpc) is 3.12. The Bertz CT molecular complexity index is 579. The normalized spacial score (nSPS) is 51.7. The number of hydrogen-bond donors (Lipinski definition) is 1. The van der Waals surface area contributed by atoms with Gasteiger partial charge >= 0.3 is 0 Å². The maximum absolute atomic E-state index is 10.6. The minimum atomic E-state index is -0.0345. The molecule has 5 rings (SSSR count). The third-order valence-corrected chi connectivity index (χ3v) is 7.69. The van der Waals surface area contributed by atoms with Crippen LogP contribution in [-0.4, -0.2) is 11.2 Å². The first kappa shape index (κ1) is 11.8. The van der Waals surface area contributed by atoms with Crippen LogP contribution in [0.1, 0.15) is 56.1 Å². The van der Waals surface area contributed by atoms with Crippen molar-refractivity contribution in [1.29, 1.82) is 0 Å². The first-order chi connectivity index (χ1) is 9.67. The van der Waals surface area contributed by atoms with Gasteiger partial charge in [0, 0.05) is 0 Å². The van der Waals surface area contributed by atoms with Crippen molar-refractivity contribution < 1.29 is 5.11 Å². The van der Waals surface area contributed by atoms with Crippen LogP contribution in [0.4, 0.5) is 0 Å². The predicted molar refractivity (Wildman–Crippen MR) is 78.3 cm³/mol. The van der Waals surface area contributed by atoms with Crippen molar-refractivity contribution in [1.82, 2.24) is 0 Å². The molecule has 0 unspecified atom stereocenters. The van der Waals surface area contributed by atoms with Gasteiger partial charge in [-0.2, -0.15) is 0 Å². The highest BCUT2D eigenvalue weighted by atomic mass is 16.3. The van der Waals surface area contributed by atoms with Gasteiger partial charge in [-0.25, -0.2) is 0 Å². The van der Waals surface area contributed by atoms with Crippen LogP contribution in [0.3, 0.4) is 0 Å². The summed E-state index contributed by atoms with van der Waals surface area (Å²) in [6, 6.07) is 9.90. The fraction of sp³-hybridized carbons (Fsp3) is 0.684. The summed E-state index contributed by atoms with van der Waals surface area (Å²) in [4.78, 5) is 0. The monoisotopic (exact) mass is 267 g/mol. The molecular formula is C19H23O. The Morgan fingerprint density at radius 3 is 3.15 bits per heavy atom. The molecule has 1 spiro atoms. The highest BCUT2D eigenvalue weighted by molar-refractivity contribution is 5.38. The van der Waals surface area contributed by atoms with Crippen molar-refractivity contribution in [3.63, 3.8) is 0 Å². The van der Waals surface area contributed by atoms with Gasteiger partial charge in [0.05, 0.1) is 6.10 Å². The highest BCUT2D eigenvalue weighted by Gasteiger charge is 2.76. The lowest BCUT2D eigenvalue weighted by Crippen LogP contribution is -2.47. The van der Waals surface area contributed by atoms with Crippen LogP contribution in [0, 0.1) is 28.7 Å². The molecule has 0 aliphatic heterocycles. The SMILES string of the molecule is C[C@]12CC[C@@H]3c4cc[c]cc4CC[C@H]3[C@@]13C[C@H]3C[C@@H]2O. The smallest absolute Gasteiger partial charge is 0.0602 e. The van der Waals surface area contributed by atoms with Gasteiger partial charge in [0.15, 0.2) is 0 Å². The summed E-state index contributed by atoms with van der Waals surface area (Å²) in [6.07, 6.45) is 7.52. The molecule has 0 saturated heterocycles. The zero-order valence-electron chi connectivity index (χ0n) is 12.2. The lowest BCUT2D eigenvalue weighted by molar-refractivity contribution is -0.0558. The van der Waals surface area contributed by atoms with E-state index >= 15 is 0 Å². The van der Waals surface area contributed by atoms with Crippen LogP contribution in [0.15, 0.2) is 18.2 Å². The Hall–Kier alpha value is -0.820. The molecule has 4 aliphatic carbocycles. The molecule has 6 atom stereocenters. The largest absolute Gasteiger partial charge is 0.393 e. The second kappa shape index (κ2) is 3.50. The number of aryl methyl sites for hydroxylation is 1. The molecule has 0 amide bonds. The van der Waals surface area contributed by atoms with E-state index in [1.165, 1.54) is 32.1 Å². The van der Waals surface area contributed by atoms with Crippen molar-refractivity contribution in [2.75, 3.05) is 0 Å². The Morgan fingerprint density at radius 1 is 1.35 bits per heavy atom. The van der Waals surface area contributed by atoms with E-state index in [4.69, 9.17) is 0 Å². The lowest BCUT2D eigenvalue weighted by Gasteiger charge is -2.52. The maximum atomic E-state index is 10.6. The molecule has 20 heavy (non-hydrogen) atoms. The third kappa shape index (κ3) is 1.13. The molecule has 1 aromatic carbocycles. The number of aliphatic hydroxyl groups is 1. The quantitative estimate of drug-likeness (QED) is 0.760. The maximum Gasteiger partial charge on any atom is 0.0602 e. The van der Waals surface area contributed by atoms with Crippen molar-refractivity contribution >= 4 is 0 Å². The van der Waals surface area contributed by atoms with Crippen LogP contribution in [0.2, 0.25) is 0 Å². The Balaban J connectivity index is 1.61. The molecule has 0 bridgehead atoms. The Kier molecular flexibility index (Phi) is 2.06. The van der Waals surface area contributed by atoms with Crippen molar-refractivity contribution in [3.8, 4) is 0 Å². The fourth-order valence-corrected chi connectivity index (χ4v) is 6.67.